The molecule has 1 aliphatic heterocycles. The van der Waals surface area contributed by atoms with Crippen molar-refractivity contribution in [2.75, 3.05) is 44.4 Å². The normalized spacial score (nSPS) is 24.2. The second-order valence-electron chi connectivity index (χ2n) is 11.3. The van der Waals surface area contributed by atoms with Crippen LogP contribution < -0.4 is 5.32 Å². The van der Waals surface area contributed by atoms with Gasteiger partial charge in [-0.05, 0) is 44.4 Å². The smallest absolute Gasteiger partial charge is 0.324 e. The molecule has 0 radical (unpaired) electrons. The van der Waals surface area contributed by atoms with Crippen LogP contribution in [0.4, 0.5) is 9.93 Å². The average molecular weight is 584 g/mol. The number of hydrogen-bond donors (Lipinski definition) is 1. The molecule has 0 spiro atoms. The Bertz CT molecular complexity index is 1040. The van der Waals surface area contributed by atoms with Crippen LogP contribution in [0.2, 0.25) is 0 Å². The van der Waals surface area contributed by atoms with Crippen LogP contribution in [0.15, 0.2) is 6.20 Å². The van der Waals surface area contributed by atoms with Gasteiger partial charge in [-0.2, -0.15) is 4.31 Å². The van der Waals surface area contributed by atoms with E-state index < -0.39 is 16.0 Å². The zero-order chi connectivity index (χ0) is 27.8. The molecule has 220 valence electrons. The first kappa shape index (κ1) is 30.2. The summed E-state index contributed by atoms with van der Waals surface area (Å²) in [5, 5.41) is 3.76. The maximum Gasteiger partial charge on any atom is 0.324 e. The number of piperazine rings is 1. The maximum atomic E-state index is 13.6. The monoisotopic (exact) mass is 583 g/mol. The lowest BCUT2D eigenvalue weighted by molar-refractivity contribution is -0.140. The fraction of sp³-hybridized carbons (Fsp3) is 0.815. The molecule has 2 amide bonds. The van der Waals surface area contributed by atoms with E-state index in [9.17, 15) is 18.0 Å². The predicted octanol–water partition coefficient (Wildman–Crippen LogP) is 4.29. The second kappa shape index (κ2) is 14.2. The number of nitrogens with one attached hydrogen (secondary N) is 1. The number of amides is 2. The van der Waals surface area contributed by atoms with Crippen molar-refractivity contribution in [2.45, 2.75) is 96.2 Å². The summed E-state index contributed by atoms with van der Waals surface area (Å²) in [7, 11) is -2.22. The zero-order valence-electron chi connectivity index (χ0n) is 23.5. The SMILES string of the molecule is COC(=O)CCS(=O)(=O)N1CCN(Cc2cnc(NC(=O)N(C3CCCCCC3)[C@H]3CC[C@H](C)CC3)s2)CC1. The average Bonchev–Trinajstić information content (AvgIpc) is 3.18. The molecule has 0 unspecified atom stereocenters. The van der Waals surface area contributed by atoms with E-state index in [1.165, 1.54) is 61.3 Å². The van der Waals surface area contributed by atoms with Crippen molar-refractivity contribution in [2.24, 2.45) is 5.92 Å². The molecule has 0 aromatic carbocycles. The first-order valence-corrected chi connectivity index (χ1v) is 17.0. The van der Waals surface area contributed by atoms with Gasteiger partial charge < -0.3 is 9.64 Å². The summed E-state index contributed by atoms with van der Waals surface area (Å²) in [5.41, 5.74) is 0. The van der Waals surface area contributed by atoms with Gasteiger partial charge in [-0.3, -0.25) is 15.0 Å². The molecular formula is C27H45N5O5S2. The number of methoxy groups -OCH3 is 1. The molecule has 1 aromatic heterocycles. The number of anilines is 1. The van der Waals surface area contributed by atoms with Crippen LogP contribution in [0.1, 0.15) is 82.4 Å². The van der Waals surface area contributed by atoms with E-state index in [-0.39, 0.29) is 18.2 Å². The van der Waals surface area contributed by atoms with Crippen molar-refractivity contribution >= 4 is 38.5 Å². The molecule has 0 bridgehead atoms. The highest BCUT2D eigenvalue weighted by Crippen LogP contribution is 2.33. The van der Waals surface area contributed by atoms with E-state index in [4.69, 9.17) is 0 Å². The molecule has 39 heavy (non-hydrogen) atoms. The van der Waals surface area contributed by atoms with Gasteiger partial charge in [0.15, 0.2) is 5.13 Å². The van der Waals surface area contributed by atoms with Gasteiger partial charge in [-0.15, -0.1) is 11.3 Å². The minimum absolute atomic E-state index is 0.00636. The molecule has 2 heterocycles. The molecule has 1 N–H and O–H groups in total. The van der Waals surface area contributed by atoms with Gasteiger partial charge in [0, 0.05) is 55.9 Å². The largest absolute Gasteiger partial charge is 0.469 e. The van der Waals surface area contributed by atoms with E-state index in [1.807, 2.05) is 6.20 Å². The van der Waals surface area contributed by atoms with E-state index in [1.54, 1.807) is 0 Å². The predicted molar refractivity (Wildman–Crippen MR) is 153 cm³/mol. The number of rotatable bonds is 9. The van der Waals surface area contributed by atoms with Crippen LogP contribution >= 0.6 is 11.3 Å². The second-order valence-corrected chi connectivity index (χ2v) is 14.5. The molecule has 1 saturated heterocycles. The van der Waals surface area contributed by atoms with Gasteiger partial charge in [0.2, 0.25) is 10.0 Å². The third kappa shape index (κ3) is 8.61. The molecule has 0 atom stereocenters. The van der Waals surface area contributed by atoms with E-state index in [0.29, 0.717) is 49.9 Å². The van der Waals surface area contributed by atoms with E-state index >= 15 is 0 Å². The summed E-state index contributed by atoms with van der Waals surface area (Å²) >= 11 is 1.50. The van der Waals surface area contributed by atoms with Gasteiger partial charge in [0.25, 0.3) is 0 Å². The molecular weight excluding hydrogens is 538 g/mol. The quantitative estimate of drug-likeness (QED) is 0.341. The number of hydrogen-bond acceptors (Lipinski definition) is 8. The molecule has 12 heteroatoms. The molecule has 1 aromatic rings. The van der Waals surface area contributed by atoms with Crippen LogP contribution in [-0.2, 0) is 26.1 Å². The van der Waals surface area contributed by atoms with Crippen molar-refractivity contribution in [3.8, 4) is 0 Å². The van der Waals surface area contributed by atoms with Gasteiger partial charge in [-0.1, -0.05) is 32.6 Å². The van der Waals surface area contributed by atoms with Gasteiger partial charge in [0.05, 0.1) is 19.3 Å². The Labute approximate surface area is 237 Å². The van der Waals surface area contributed by atoms with Crippen molar-refractivity contribution in [3.05, 3.63) is 11.1 Å². The Morgan fingerprint density at radius 2 is 1.67 bits per heavy atom. The number of thiazole rings is 1. The van der Waals surface area contributed by atoms with Crippen LogP contribution in [0.3, 0.4) is 0 Å². The number of nitrogens with zero attached hydrogens (tertiary/aromatic N) is 4. The summed E-state index contributed by atoms with van der Waals surface area (Å²) in [5.74, 6) is -0.00495. The number of urea groups is 1. The van der Waals surface area contributed by atoms with Gasteiger partial charge >= 0.3 is 12.0 Å². The maximum absolute atomic E-state index is 13.6. The van der Waals surface area contributed by atoms with Crippen molar-refractivity contribution in [1.29, 1.82) is 0 Å². The standard InChI is InChI=1S/C27H45N5O5S2/c1-21-9-11-23(12-10-21)32(22-7-5-3-4-6-8-22)27(34)29-26-28-19-24(38-26)20-30-14-16-31(17-15-30)39(35,36)18-13-25(33)37-2/h19,21-23H,3-18,20H2,1-2H3,(H,28,29,34)/t21-,23-. The molecule has 4 rings (SSSR count). The lowest BCUT2D eigenvalue weighted by atomic mass is 9.85. The summed E-state index contributed by atoms with van der Waals surface area (Å²) in [6.07, 6.45) is 13.3. The Morgan fingerprint density at radius 1 is 1.03 bits per heavy atom. The number of ether oxygens (including phenoxy) is 1. The Kier molecular flexibility index (Phi) is 11.0. The fourth-order valence-electron chi connectivity index (χ4n) is 6.11. The summed E-state index contributed by atoms with van der Waals surface area (Å²) in [6, 6.07) is 0.614. The first-order chi connectivity index (χ1) is 18.7. The highest BCUT2D eigenvalue weighted by atomic mass is 32.2. The molecule has 3 aliphatic rings. The van der Waals surface area contributed by atoms with Crippen molar-refractivity contribution < 1.29 is 22.7 Å². The Balaban J connectivity index is 1.30. The minimum Gasteiger partial charge on any atom is -0.469 e. The lowest BCUT2D eigenvalue weighted by Gasteiger charge is -2.40. The van der Waals surface area contributed by atoms with Crippen LogP contribution in [0, 0.1) is 5.92 Å². The molecule has 2 saturated carbocycles. The third-order valence-corrected chi connectivity index (χ3v) is 11.3. The molecule has 2 aliphatic carbocycles. The first-order valence-electron chi connectivity index (χ1n) is 14.6. The fourth-order valence-corrected chi connectivity index (χ4v) is 8.36. The van der Waals surface area contributed by atoms with Crippen molar-refractivity contribution in [1.82, 2.24) is 19.1 Å². The van der Waals surface area contributed by atoms with E-state index in [0.717, 1.165) is 36.5 Å². The number of esters is 1. The topological polar surface area (TPSA) is 112 Å². The highest BCUT2D eigenvalue weighted by molar-refractivity contribution is 7.89. The lowest BCUT2D eigenvalue weighted by Crippen LogP contribution is -2.50. The minimum atomic E-state index is -3.48. The Hall–Kier alpha value is -1.76. The number of carbonyl (C=O) groups excluding carboxylic acids is 2. The molecule has 10 nitrogen and oxygen atoms in total. The van der Waals surface area contributed by atoms with Crippen molar-refractivity contribution in [3.63, 3.8) is 0 Å². The third-order valence-electron chi connectivity index (χ3n) is 8.49. The zero-order valence-corrected chi connectivity index (χ0v) is 25.1. The Morgan fingerprint density at radius 3 is 2.31 bits per heavy atom. The number of carbonyl (C=O) groups is 2. The van der Waals surface area contributed by atoms with E-state index in [2.05, 4.69) is 31.8 Å². The number of sulfonamides is 1. The van der Waals surface area contributed by atoms with Crippen LogP contribution in [-0.4, -0.2) is 90.6 Å². The molecule has 3 fully saturated rings. The number of aromatic nitrogens is 1. The van der Waals surface area contributed by atoms with Gasteiger partial charge in [0.1, 0.15) is 0 Å². The van der Waals surface area contributed by atoms with Crippen LogP contribution in [0.5, 0.6) is 0 Å². The summed E-state index contributed by atoms with van der Waals surface area (Å²) < 4.78 is 31.1. The van der Waals surface area contributed by atoms with Crippen LogP contribution in [0.25, 0.3) is 0 Å². The highest BCUT2D eigenvalue weighted by Gasteiger charge is 2.34. The summed E-state index contributed by atoms with van der Waals surface area (Å²) in [4.78, 5) is 34.9. The summed E-state index contributed by atoms with van der Waals surface area (Å²) in [6.45, 7) is 4.97. The van der Waals surface area contributed by atoms with Gasteiger partial charge in [-0.25, -0.2) is 18.2 Å².